The number of fused-ring (bicyclic) bond motifs is 1. The normalized spacial score (nSPS) is 10.7. The lowest BCUT2D eigenvalue weighted by Crippen LogP contribution is -2.17. The molecule has 2 amide bonds. The van der Waals surface area contributed by atoms with Crippen LogP contribution in [0.25, 0.3) is 22.1 Å². The number of pyridine rings is 1. The molecule has 0 atom stereocenters. The van der Waals surface area contributed by atoms with Crippen LogP contribution in [0.15, 0.2) is 33.4 Å². The van der Waals surface area contributed by atoms with E-state index in [1.165, 1.54) is 12.3 Å². The first kappa shape index (κ1) is 19.9. The zero-order valence-electron chi connectivity index (χ0n) is 14.2. The third-order valence-corrected chi connectivity index (χ3v) is 4.50. The Morgan fingerprint density at radius 1 is 1.36 bits per heavy atom. The molecule has 3 rings (SSSR count). The van der Waals surface area contributed by atoms with E-state index >= 15 is 0 Å². The Balaban J connectivity index is 2.33. The van der Waals surface area contributed by atoms with E-state index in [0.29, 0.717) is 9.99 Å². The lowest BCUT2D eigenvalue weighted by atomic mass is 10.0. The summed E-state index contributed by atoms with van der Waals surface area (Å²) in [6.07, 6.45) is -0.474. The topological polar surface area (TPSA) is 117 Å². The zero-order valence-corrected chi connectivity index (χ0v) is 16.6. The van der Waals surface area contributed by atoms with E-state index < -0.39 is 18.0 Å². The number of rotatable bonds is 4. The van der Waals surface area contributed by atoms with Gasteiger partial charge in [0.25, 0.3) is 0 Å². The second-order valence-corrected chi connectivity index (χ2v) is 6.41. The first-order valence-corrected chi connectivity index (χ1v) is 8.97. The van der Waals surface area contributed by atoms with Crippen LogP contribution in [0.1, 0.15) is 6.92 Å². The zero-order chi connectivity index (χ0) is 20.4. The molecular formula is C17H12BrClFN3O5. The third-order valence-electron chi connectivity index (χ3n) is 3.57. The van der Waals surface area contributed by atoms with Crippen molar-refractivity contribution in [3.8, 4) is 16.9 Å². The van der Waals surface area contributed by atoms with Crippen LogP contribution in [0.4, 0.5) is 19.9 Å². The number of nitrogens with one attached hydrogen (secondary N) is 1. The molecule has 0 aliphatic rings. The number of ether oxygens (including phenoxy) is 2. The summed E-state index contributed by atoms with van der Waals surface area (Å²) in [5.41, 5.74) is 5.47. The summed E-state index contributed by atoms with van der Waals surface area (Å²) < 4.78 is 30.1. The SMILES string of the molecule is CCOC(=O)Nc1oc2c(Br)nccc2c1-c1c(OC(N)=O)ccc(F)c1Cl. The van der Waals surface area contributed by atoms with Gasteiger partial charge in [-0.2, -0.15) is 0 Å². The van der Waals surface area contributed by atoms with Gasteiger partial charge in [0.15, 0.2) is 5.58 Å². The number of primary amides is 1. The second kappa shape index (κ2) is 8.03. The van der Waals surface area contributed by atoms with Crippen molar-refractivity contribution in [2.24, 2.45) is 5.73 Å². The largest absolute Gasteiger partial charge is 0.450 e. The van der Waals surface area contributed by atoms with E-state index in [1.54, 1.807) is 13.0 Å². The first-order valence-electron chi connectivity index (χ1n) is 7.79. The molecule has 0 aliphatic heterocycles. The van der Waals surface area contributed by atoms with Crippen molar-refractivity contribution in [2.75, 3.05) is 11.9 Å². The number of carbonyl (C=O) groups excluding carboxylic acids is 2. The summed E-state index contributed by atoms with van der Waals surface area (Å²) in [4.78, 5) is 27.3. The van der Waals surface area contributed by atoms with Gasteiger partial charge in [0.1, 0.15) is 16.2 Å². The molecule has 28 heavy (non-hydrogen) atoms. The van der Waals surface area contributed by atoms with E-state index in [0.717, 1.165) is 6.07 Å². The Labute approximate surface area is 170 Å². The van der Waals surface area contributed by atoms with Crippen molar-refractivity contribution in [2.45, 2.75) is 6.92 Å². The summed E-state index contributed by atoms with van der Waals surface area (Å²) in [6.45, 7) is 1.74. The lowest BCUT2D eigenvalue weighted by Gasteiger charge is -2.12. The van der Waals surface area contributed by atoms with Crippen molar-refractivity contribution >= 4 is 56.6 Å². The number of nitrogens with zero attached hydrogens (tertiary/aromatic N) is 1. The second-order valence-electron chi connectivity index (χ2n) is 5.29. The molecule has 0 spiro atoms. The van der Waals surface area contributed by atoms with Gasteiger partial charge < -0.3 is 19.6 Å². The van der Waals surface area contributed by atoms with Crippen molar-refractivity contribution in [3.05, 3.63) is 39.8 Å². The van der Waals surface area contributed by atoms with Gasteiger partial charge in [0.2, 0.25) is 5.88 Å². The summed E-state index contributed by atoms with van der Waals surface area (Å²) in [5.74, 6) is -1.01. The molecule has 8 nitrogen and oxygen atoms in total. The van der Waals surface area contributed by atoms with Crippen LogP contribution >= 0.6 is 27.5 Å². The number of hydrogen-bond donors (Lipinski definition) is 2. The maximum absolute atomic E-state index is 14.2. The Hall–Kier alpha value is -2.85. The van der Waals surface area contributed by atoms with Gasteiger partial charge in [-0.15, -0.1) is 0 Å². The third kappa shape index (κ3) is 3.73. The Morgan fingerprint density at radius 2 is 2.11 bits per heavy atom. The number of aromatic nitrogens is 1. The molecule has 0 unspecified atom stereocenters. The summed E-state index contributed by atoms with van der Waals surface area (Å²) in [6, 6.07) is 3.76. The molecule has 0 saturated carbocycles. The molecule has 146 valence electrons. The first-order chi connectivity index (χ1) is 13.3. The van der Waals surface area contributed by atoms with Crippen LogP contribution in [0, 0.1) is 5.82 Å². The molecule has 0 saturated heterocycles. The fraction of sp³-hybridized carbons (Fsp3) is 0.118. The number of furan rings is 1. The predicted octanol–water partition coefficient (Wildman–Crippen LogP) is 5.08. The van der Waals surface area contributed by atoms with E-state index in [4.69, 9.17) is 31.2 Å². The monoisotopic (exact) mass is 471 g/mol. The number of benzene rings is 1. The van der Waals surface area contributed by atoms with Gasteiger partial charge in [-0.1, -0.05) is 11.6 Å². The van der Waals surface area contributed by atoms with Crippen molar-refractivity contribution in [1.29, 1.82) is 0 Å². The predicted molar refractivity (Wildman–Crippen MR) is 103 cm³/mol. The lowest BCUT2D eigenvalue weighted by molar-refractivity contribution is 0.167. The van der Waals surface area contributed by atoms with Gasteiger partial charge in [-0.25, -0.2) is 19.0 Å². The number of carbonyl (C=O) groups is 2. The van der Waals surface area contributed by atoms with E-state index in [-0.39, 0.29) is 40.0 Å². The number of amides is 2. The Morgan fingerprint density at radius 3 is 2.79 bits per heavy atom. The molecule has 2 heterocycles. The Bertz CT molecular complexity index is 1090. The number of halogens is 3. The van der Waals surface area contributed by atoms with E-state index in [1.807, 2.05) is 0 Å². The minimum absolute atomic E-state index is 0.0379. The molecule has 0 aliphatic carbocycles. The molecular weight excluding hydrogens is 461 g/mol. The number of anilines is 1. The van der Waals surface area contributed by atoms with Crippen LogP contribution < -0.4 is 15.8 Å². The Kier molecular flexibility index (Phi) is 5.71. The quantitative estimate of drug-likeness (QED) is 0.512. The molecule has 0 fully saturated rings. The maximum Gasteiger partial charge on any atom is 0.413 e. The highest BCUT2D eigenvalue weighted by atomic mass is 79.9. The van der Waals surface area contributed by atoms with Crippen molar-refractivity contribution in [1.82, 2.24) is 4.98 Å². The van der Waals surface area contributed by atoms with Crippen LogP contribution in [0.5, 0.6) is 5.75 Å². The minimum Gasteiger partial charge on any atom is -0.450 e. The fourth-order valence-electron chi connectivity index (χ4n) is 2.55. The maximum atomic E-state index is 14.2. The van der Waals surface area contributed by atoms with Gasteiger partial charge in [-0.3, -0.25) is 5.32 Å². The van der Waals surface area contributed by atoms with Gasteiger partial charge in [0, 0.05) is 11.6 Å². The van der Waals surface area contributed by atoms with Gasteiger partial charge in [0.05, 0.1) is 22.8 Å². The molecule has 3 N–H and O–H groups in total. The average molecular weight is 473 g/mol. The smallest absolute Gasteiger partial charge is 0.413 e. The van der Waals surface area contributed by atoms with Crippen LogP contribution in [-0.2, 0) is 4.74 Å². The van der Waals surface area contributed by atoms with Crippen LogP contribution in [-0.4, -0.2) is 23.8 Å². The van der Waals surface area contributed by atoms with E-state index in [9.17, 15) is 14.0 Å². The standard InChI is InChI=1S/C17H12BrClFN3O5/c1-2-26-17(25)23-15-10(7-5-6-22-14(18)13(7)28-15)11-9(27-16(21)24)4-3-8(20)12(11)19/h3-6H,2H2,1H3,(H2,21,24)(H,23,25). The molecule has 11 heteroatoms. The van der Waals surface area contributed by atoms with Crippen molar-refractivity contribution in [3.63, 3.8) is 0 Å². The highest BCUT2D eigenvalue weighted by Crippen LogP contribution is 2.47. The molecule has 0 radical (unpaired) electrons. The highest BCUT2D eigenvalue weighted by Gasteiger charge is 2.27. The molecule has 1 aromatic carbocycles. The van der Waals surface area contributed by atoms with Crippen molar-refractivity contribution < 1.29 is 27.9 Å². The summed E-state index contributed by atoms with van der Waals surface area (Å²) >= 11 is 9.41. The fourth-order valence-corrected chi connectivity index (χ4v) is 3.21. The summed E-state index contributed by atoms with van der Waals surface area (Å²) in [7, 11) is 0. The van der Waals surface area contributed by atoms with Gasteiger partial charge >= 0.3 is 12.2 Å². The molecule has 3 aromatic rings. The number of hydrogen-bond acceptors (Lipinski definition) is 6. The molecule has 2 aromatic heterocycles. The minimum atomic E-state index is -1.13. The van der Waals surface area contributed by atoms with Crippen LogP contribution in [0.3, 0.4) is 0 Å². The van der Waals surface area contributed by atoms with Gasteiger partial charge in [-0.05, 0) is 41.1 Å². The van der Waals surface area contributed by atoms with Crippen LogP contribution in [0.2, 0.25) is 5.02 Å². The van der Waals surface area contributed by atoms with E-state index in [2.05, 4.69) is 26.2 Å². The summed E-state index contributed by atoms with van der Waals surface area (Å²) in [5, 5.41) is 2.48. The number of nitrogens with two attached hydrogens (primary N) is 1. The average Bonchev–Trinajstić information content (AvgIpc) is 2.97. The highest BCUT2D eigenvalue weighted by molar-refractivity contribution is 9.10. The molecule has 0 bridgehead atoms.